The minimum absolute atomic E-state index is 0.181. The van der Waals surface area contributed by atoms with Gasteiger partial charge >= 0.3 is 0 Å². The molecule has 0 aliphatic heterocycles. The highest BCUT2D eigenvalue weighted by molar-refractivity contribution is 7.85. The highest BCUT2D eigenvalue weighted by Gasteiger charge is 2.14. The van der Waals surface area contributed by atoms with Crippen LogP contribution in [0.4, 0.5) is 21.5 Å². The molecule has 0 fully saturated rings. The molecule has 0 spiro atoms. The van der Waals surface area contributed by atoms with Crippen LogP contribution in [0.2, 0.25) is 0 Å². The second-order valence-corrected chi connectivity index (χ2v) is 7.04. The fourth-order valence-corrected chi connectivity index (χ4v) is 2.98. The molecule has 128 valence electrons. The van der Waals surface area contributed by atoms with E-state index in [0.29, 0.717) is 5.69 Å². The minimum Gasteiger partial charge on any atom is -0.311 e. The molecule has 0 atom stereocenters. The highest BCUT2D eigenvalue weighted by atomic mass is 32.2. The molecule has 0 aliphatic rings. The lowest BCUT2D eigenvalue weighted by Gasteiger charge is -2.25. The van der Waals surface area contributed by atoms with Crippen LogP contribution in [0.15, 0.2) is 77.7 Å². The molecule has 3 aromatic rings. The van der Waals surface area contributed by atoms with Crippen LogP contribution in [-0.4, -0.2) is 13.0 Å². The fraction of sp³-hybridized carbons (Fsp3) is 0.0526. The Morgan fingerprint density at radius 3 is 1.60 bits per heavy atom. The van der Waals surface area contributed by atoms with E-state index in [4.69, 9.17) is 4.55 Å². The van der Waals surface area contributed by atoms with Crippen molar-refractivity contribution < 1.29 is 17.4 Å². The average Bonchev–Trinajstić information content (AvgIpc) is 2.58. The summed E-state index contributed by atoms with van der Waals surface area (Å²) >= 11 is 0. The number of benzene rings is 3. The zero-order valence-corrected chi connectivity index (χ0v) is 14.2. The Kier molecular flexibility index (Phi) is 4.57. The number of nitrogens with zero attached hydrogens (tertiary/aromatic N) is 1. The van der Waals surface area contributed by atoms with Crippen molar-refractivity contribution in [3.63, 3.8) is 0 Å². The van der Waals surface area contributed by atoms with Gasteiger partial charge < -0.3 is 4.90 Å². The maximum Gasteiger partial charge on any atom is 0.294 e. The van der Waals surface area contributed by atoms with E-state index in [1.807, 2.05) is 36.1 Å². The first kappa shape index (κ1) is 17.1. The summed E-state index contributed by atoms with van der Waals surface area (Å²) in [6.07, 6.45) is 0. The van der Waals surface area contributed by atoms with Crippen molar-refractivity contribution >= 4 is 27.2 Å². The fourth-order valence-electron chi connectivity index (χ4n) is 2.50. The van der Waals surface area contributed by atoms with Crippen LogP contribution in [0.5, 0.6) is 0 Å². The van der Waals surface area contributed by atoms with Crippen LogP contribution >= 0.6 is 0 Å². The van der Waals surface area contributed by atoms with Crippen LogP contribution < -0.4 is 4.90 Å². The van der Waals surface area contributed by atoms with Gasteiger partial charge in [0.05, 0.1) is 4.90 Å². The van der Waals surface area contributed by atoms with Crippen molar-refractivity contribution in [2.75, 3.05) is 4.90 Å². The molecule has 0 saturated heterocycles. The summed E-state index contributed by atoms with van der Waals surface area (Å²) in [5.74, 6) is -0.339. The van der Waals surface area contributed by atoms with E-state index in [1.165, 1.54) is 24.3 Å². The third-order valence-electron chi connectivity index (χ3n) is 3.77. The van der Waals surface area contributed by atoms with Crippen molar-refractivity contribution in [2.45, 2.75) is 11.8 Å². The van der Waals surface area contributed by atoms with E-state index in [-0.39, 0.29) is 10.7 Å². The predicted molar refractivity (Wildman–Crippen MR) is 95.6 cm³/mol. The third-order valence-corrected chi connectivity index (χ3v) is 4.64. The first-order chi connectivity index (χ1) is 11.8. The van der Waals surface area contributed by atoms with E-state index in [9.17, 15) is 12.8 Å². The van der Waals surface area contributed by atoms with Gasteiger partial charge in [-0.1, -0.05) is 17.7 Å². The van der Waals surface area contributed by atoms with Gasteiger partial charge in [0.1, 0.15) is 5.82 Å². The molecule has 0 saturated carbocycles. The number of anilines is 3. The van der Waals surface area contributed by atoms with Crippen molar-refractivity contribution in [3.05, 3.63) is 84.2 Å². The number of aryl methyl sites for hydroxylation is 1. The van der Waals surface area contributed by atoms with E-state index in [2.05, 4.69) is 0 Å². The average molecular weight is 357 g/mol. The maximum atomic E-state index is 13.3. The van der Waals surface area contributed by atoms with Gasteiger partial charge in [-0.3, -0.25) is 4.55 Å². The smallest absolute Gasteiger partial charge is 0.294 e. The summed E-state index contributed by atoms with van der Waals surface area (Å²) in [7, 11) is -4.25. The molecule has 25 heavy (non-hydrogen) atoms. The Labute approximate surface area is 145 Å². The van der Waals surface area contributed by atoms with E-state index in [0.717, 1.165) is 16.9 Å². The van der Waals surface area contributed by atoms with E-state index < -0.39 is 10.1 Å². The van der Waals surface area contributed by atoms with Crippen LogP contribution in [0, 0.1) is 12.7 Å². The zero-order valence-electron chi connectivity index (χ0n) is 13.4. The molecular formula is C19H16FNO3S. The maximum absolute atomic E-state index is 13.3. The number of hydrogen-bond acceptors (Lipinski definition) is 3. The molecule has 6 heteroatoms. The Bertz CT molecular complexity index is 921. The number of halogens is 1. The van der Waals surface area contributed by atoms with Gasteiger partial charge in [0, 0.05) is 17.1 Å². The van der Waals surface area contributed by atoms with Gasteiger partial charge in [0.15, 0.2) is 0 Å². The lowest BCUT2D eigenvalue weighted by atomic mass is 10.1. The normalized spacial score (nSPS) is 11.3. The van der Waals surface area contributed by atoms with Gasteiger partial charge in [-0.15, -0.1) is 0 Å². The van der Waals surface area contributed by atoms with Gasteiger partial charge in [-0.25, -0.2) is 4.39 Å². The minimum atomic E-state index is -4.25. The second kappa shape index (κ2) is 6.66. The summed E-state index contributed by atoms with van der Waals surface area (Å²) < 4.78 is 44.9. The zero-order chi connectivity index (χ0) is 18.0. The first-order valence-electron chi connectivity index (χ1n) is 7.54. The topological polar surface area (TPSA) is 57.6 Å². The molecule has 1 N–H and O–H groups in total. The van der Waals surface area contributed by atoms with Crippen molar-refractivity contribution in [2.24, 2.45) is 0 Å². The molecule has 4 nitrogen and oxygen atoms in total. The monoisotopic (exact) mass is 357 g/mol. The molecule has 3 aromatic carbocycles. The summed E-state index contributed by atoms with van der Waals surface area (Å²) in [4.78, 5) is 1.69. The Morgan fingerprint density at radius 2 is 1.16 bits per heavy atom. The largest absolute Gasteiger partial charge is 0.311 e. The van der Waals surface area contributed by atoms with Crippen LogP contribution in [0.1, 0.15) is 5.56 Å². The summed E-state index contributed by atoms with van der Waals surface area (Å²) in [5, 5.41) is 0. The predicted octanol–water partition coefficient (Wildman–Crippen LogP) is 4.85. The van der Waals surface area contributed by atoms with E-state index >= 15 is 0 Å². The molecular weight excluding hydrogens is 341 g/mol. The van der Waals surface area contributed by atoms with Crippen LogP contribution in [0.25, 0.3) is 0 Å². The quantitative estimate of drug-likeness (QED) is 0.678. The molecule has 0 heterocycles. The van der Waals surface area contributed by atoms with Crippen molar-refractivity contribution in [3.8, 4) is 0 Å². The van der Waals surface area contributed by atoms with Gasteiger partial charge in [0.2, 0.25) is 0 Å². The molecule has 0 amide bonds. The summed E-state index contributed by atoms with van der Waals surface area (Å²) in [6, 6.07) is 19.6. The Hall–Kier alpha value is -2.70. The van der Waals surface area contributed by atoms with Crippen molar-refractivity contribution in [1.29, 1.82) is 0 Å². The highest BCUT2D eigenvalue weighted by Crippen LogP contribution is 2.34. The van der Waals surface area contributed by atoms with Crippen LogP contribution in [-0.2, 0) is 10.1 Å². The second-order valence-electron chi connectivity index (χ2n) is 5.62. The molecule has 0 bridgehead atoms. The summed E-state index contributed by atoms with van der Waals surface area (Å²) in [6.45, 7) is 1.98. The van der Waals surface area contributed by atoms with Crippen molar-refractivity contribution in [1.82, 2.24) is 0 Å². The van der Waals surface area contributed by atoms with Gasteiger partial charge in [0.25, 0.3) is 10.1 Å². The molecule has 0 radical (unpaired) electrons. The summed E-state index contributed by atoms with van der Waals surface area (Å²) in [5.41, 5.74) is 3.36. The molecule has 3 rings (SSSR count). The lowest BCUT2D eigenvalue weighted by Crippen LogP contribution is -2.10. The van der Waals surface area contributed by atoms with E-state index in [1.54, 1.807) is 24.3 Å². The Balaban J connectivity index is 2.10. The molecule has 0 unspecified atom stereocenters. The lowest BCUT2D eigenvalue weighted by molar-refractivity contribution is 0.483. The standard InChI is InChI=1S/C19H16FNO3S/c1-14-2-6-16(7-3-14)21(17-8-4-15(20)5-9-17)18-10-12-19(13-11-18)25(22,23)24/h2-13H,1H3,(H,22,23,24). The SMILES string of the molecule is Cc1ccc(N(c2ccc(F)cc2)c2ccc(S(=O)(=O)O)cc2)cc1. The third kappa shape index (κ3) is 3.87. The Morgan fingerprint density at radius 1 is 0.760 bits per heavy atom. The van der Waals surface area contributed by atoms with Crippen LogP contribution in [0.3, 0.4) is 0 Å². The number of rotatable bonds is 4. The first-order valence-corrected chi connectivity index (χ1v) is 8.98. The molecule has 0 aromatic heterocycles. The number of hydrogen-bond donors (Lipinski definition) is 1. The van der Waals surface area contributed by atoms with Gasteiger partial charge in [-0.05, 0) is 67.6 Å². The molecule has 0 aliphatic carbocycles. The van der Waals surface area contributed by atoms with Gasteiger partial charge in [-0.2, -0.15) is 8.42 Å².